The zero-order valence-corrected chi connectivity index (χ0v) is 13.4. The molecule has 0 atom stereocenters. The van der Waals surface area contributed by atoms with Crippen LogP contribution in [0.5, 0.6) is 11.5 Å². The van der Waals surface area contributed by atoms with Gasteiger partial charge in [-0.3, -0.25) is 9.59 Å². The number of carbonyl (C=O) groups excluding carboxylic acids is 2. The van der Waals surface area contributed by atoms with Gasteiger partial charge in [0, 0.05) is 18.4 Å². The molecule has 0 saturated carbocycles. The SMILES string of the molecule is CCOC(=O)CCC(=O)c1cc(Br)c2c(c1)OCCCO2. The van der Waals surface area contributed by atoms with Gasteiger partial charge in [-0.15, -0.1) is 0 Å². The molecule has 2 rings (SSSR count). The highest BCUT2D eigenvalue weighted by Crippen LogP contribution is 2.38. The van der Waals surface area contributed by atoms with Crippen molar-refractivity contribution >= 4 is 27.7 Å². The molecular weight excluding hydrogens is 340 g/mol. The highest BCUT2D eigenvalue weighted by molar-refractivity contribution is 9.10. The maximum atomic E-state index is 12.2. The van der Waals surface area contributed by atoms with Crippen LogP contribution in [0.3, 0.4) is 0 Å². The lowest BCUT2D eigenvalue weighted by Crippen LogP contribution is -2.08. The van der Waals surface area contributed by atoms with Gasteiger partial charge >= 0.3 is 5.97 Å². The zero-order valence-electron chi connectivity index (χ0n) is 11.8. The molecule has 21 heavy (non-hydrogen) atoms. The monoisotopic (exact) mass is 356 g/mol. The molecule has 0 aromatic heterocycles. The first kappa shape index (κ1) is 15.8. The predicted molar refractivity (Wildman–Crippen MR) is 79.9 cm³/mol. The van der Waals surface area contributed by atoms with Crippen LogP contribution in [0, 0.1) is 0 Å². The van der Waals surface area contributed by atoms with Crippen LogP contribution in [0.15, 0.2) is 16.6 Å². The quantitative estimate of drug-likeness (QED) is 0.599. The summed E-state index contributed by atoms with van der Waals surface area (Å²) in [6.45, 7) is 3.20. The highest BCUT2D eigenvalue weighted by atomic mass is 79.9. The summed E-state index contributed by atoms with van der Waals surface area (Å²) in [7, 11) is 0. The van der Waals surface area contributed by atoms with Crippen molar-refractivity contribution in [3.63, 3.8) is 0 Å². The van der Waals surface area contributed by atoms with E-state index in [9.17, 15) is 9.59 Å². The van der Waals surface area contributed by atoms with Crippen molar-refractivity contribution in [1.29, 1.82) is 0 Å². The molecule has 0 amide bonds. The second-order valence-electron chi connectivity index (χ2n) is 4.56. The third-order valence-corrected chi connectivity index (χ3v) is 3.57. The summed E-state index contributed by atoms with van der Waals surface area (Å²) in [6.07, 6.45) is 0.997. The Morgan fingerprint density at radius 3 is 2.76 bits per heavy atom. The second kappa shape index (κ2) is 7.45. The number of rotatable bonds is 5. The van der Waals surface area contributed by atoms with Gasteiger partial charge in [0.1, 0.15) is 0 Å². The van der Waals surface area contributed by atoms with E-state index in [1.807, 2.05) is 0 Å². The van der Waals surface area contributed by atoms with E-state index in [1.165, 1.54) is 0 Å². The van der Waals surface area contributed by atoms with Gasteiger partial charge in [-0.2, -0.15) is 0 Å². The number of fused-ring (bicyclic) bond motifs is 1. The number of ether oxygens (including phenoxy) is 3. The minimum absolute atomic E-state index is 0.0821. The molecule has 114 valence electrons. The van der Waals surface area contributed by atoms with E-state index in [2.05, 4.69) is 15.9 Å². The molecule has 1 aliphatic heterocycles. The van der Waals surface area contributed by atoms with Gasteiger partial charge in [-0.25, -0.2) is 0 Å². The maximum Gasteiger partial charge on any atom is 0.306 e. The van der Waals surface area contributed by atoms with Crippen LogP contribution in [0.25, 0.3) is 0 Å². The summed E-state index contributed by atoms with van der Waals surface area (Å²) < 4.78 is 16.7. The lowest BCUT2D eigenvalue weighted by molar-refractivity contribution is -0.143. The van der Waals surface area contributed by atoms with Crippen molar-refractivity contribution in [3.8, 4) is 11.5 Å². The van der Waals surface area contributed by atoms with Gasteiger partial charge in [-0.1, -0.05) is 0 Å². The van der Waals surface area contributed by atoms with Crippen molar-refractivity contribution < 1.29 is 23.8 Å². The Labute approximate surface area is 131 Å². The largest absolute Gasteiger partial charge is 0.489 e. The molecule has 1 aliphatic rings. The third-order valence-electron chi connectivity index (χ3n) is 2.99. The fourth-order valence-corrected chi connectivity index (χ4v) is 2.54. The van der Waals surface area contributed by atoms with Crippen LogP contribution in [0.4, 0.5) is 0 Å². The average molecular weight is 357 g/mol. The van der Waals surface area contributed by atoms with Crippen LogP contribution < -0.4 is 9.47 Å². The molecule has 0 aliphatic carbocycles. The lowest BCUT2D eigenvalue weighted by atomic mass is 10.1. The van der Waals surface area contributed by atoms with Crippen LogP contribution in [-0.4, -0.2) is 31.6 Å². The van der Waals surface area contributed by atoms with Crippen molar-refractivity contribution in [2.45, 2.75) is 26.2 Å². The van der Waals surface area contributed by atoms with Crippen LogP contribution >= 0.6 is 15.9 Å². The fraction of sp³-hybridized carbons (Fsp3) is 0.467. The molecule has 0 N–H and O–H groups in total. The normalized spacial score (nSPS) is 13.4. The van der Waals surface area contributed by atoms with Gasteiger partial charge in [-0.05, 0) is 35.0 Å². The van der Waals surface area contributed by atoms with Crippen molar-refractivity contribution in [2.24, 2.45) is 0 Å². The Bertz CT molecular complexity index is 541. The van der Waals surface area contributed by atoms with E-state index in [-0.39, 0.29) is 24.6 Å². The van der Waals surface area contributed by atoms with Crippen LogP contribution in [0.1, 0.15) is 36.5 Å². The third kappa shape index (κ3) is 4.20. The van der Waals surface area contributed by atoms with Gasteiger partial charge in [0.25, 0.3) is 0 Å². The smallest absolute Gasteiger partial charge is 0.306 e. The van der Waals surface area contributed by atoms with Crippen molar-refractivity contribution in [2.75, 3.05) is 19.8 Å². The number of ketones is 1. The summed E-state index contributed by atoms with van der Waals surface area (Å²) in [6, 6.07) is 3.36. The van der Waals surface area contributed by atoms with E-state index < -0.39 is 0 Å². The number of hydrogen-bond donors (Lipinski definition) is 0. The van der Waals surface area contributed by atoms with E-state index >= 15 is 0 Å². The minimum Gasteiger partial charge on any atom is -0.489 e. The molecule has 0 spiro atoms. The highest BCUT2D eigenvalue weighted by Gasteiger charge is 2.18. The van der Waals surface area contributed by atoms with Crippen LogP contribution in [0.2, 0.25) is 0 Å². The Morgan fingerprint density at radius 2 is 2.00 bits per heavy atom. The second-order valence-corrected chi connectivity index (χ2v) is 5.42. The number of esters is 1. The summed E-state index contributed by atoms with van der Waals surface area (Å²) in [5, 5.41) is 0. The van der Waals surface area contributed by atoms with E-state index in [4.69, 9.17) is 14.2 Å². The first-order valence-electron chi connectivity index (χ1n) is 6.89. The Balaban J connectivity index is 2.09. The molecule has 5 nitrogen and oxygen atoms in total. The zero-order chi connectivity index (χ0) is 15.2. The molecular formula is C15H17BrO5. The lowest BCUT2D eigenvalue weighted by Gasteiger charge is -2.11. The number of benzene rings is 1. The van der Waals surface area contributed by atoms with Gasteiger partial charge in [0.2, 0.25) is 0 Å². The Hall–Kier alpha value is -1.56. The first-order valence-corrected chi connectivity index (χ1v) is 7.69. The molecule has 1 heterocycles. The number of hydrogen-bond acceptors (Lipinski definition) is 5. The summed E-state index contributed by atoms with van der Waals surface area (Å²) >= 11 is 3.39. The predicted octanol–water partition coefficient (Wildman–Crippen LogP) is 3.14. The molecule has 0 fully saturated rings. The molecule has 0 unspecified atom stereocenters. The van der Waals surface area contributed by atoms with E-state index in [0.717, 1.165) is 6.42 Å². The van der Waals surface area contributed by atoms with E-state index in [0.29, 0.717) is 41.4 Å². The standard InChI is InChI=1S/C15H17BrO5/c1-2-19-14(18)5-4-12(17)10-8-11(16)15-13(9-10)20-6-3-7-21-15/h8-9H,2-7H2,1H3. The molecule has 0 bridgehead atoms. The first-order chi connectivity index (χ1) is 10.1. The number of carbonyl (C=O) groups is 2. The molecule has 1 aromatic rings. The Morgan fingerprint density at radius 1 is 1.24 bits per heavy atom. The molecule has 1 aromatic carbocycles. The maximum absolute atomic E-state index is 12.2. The van der Waals surface area contributed by atoms with Crippen molar-refractivity contribution in [1.82, 2.24) is 0 Å². The average Bonchev–Trinajstić information content (AvgIpc) is 2.70. The summed E-state index contributed by atoms with van der Waals surface area (Å²) in [5.74, 6) is 0.689. The molecule has 0 radical (unpaired) electrons. The summed E-state index contributed by atoms with van der Waals surface area (Å²) in [5.41, 5.74) is 0.496. The number of halogens is 1. The fourth-order valence-electron chi connectivity index (χ4n) is 1.98. The number of Topliss-reactive ketones (excluding diaryl/α,β-unsaturated/α-hetero) is 1. The van der Waals surface area contributed by atoms with Crippen molar-refractivity contribution in [3.05, 3.63) is 22.2 Å². The van der Waals surface area contributed by atoms with Gasteiger partial charge < -0.3 is 14.2 Å². The summed E-state index contributed by atoms with van der Waals surface area (Å²) in [4.78, 5) is 23.4. The molecule has 6 heteroatoms. The van der Waals surface area contributed by atoms with Gasteiger partial charge in [0.15, 0.2) is 17.3 Å². The van der Waals surface area contributed by atoms with Gasteiger partial charge in [0.05, 0.1) is 30.7 Å². The van der Waals surface area contributed by atoms with E-state index in [1.54, 1.807) is 19.1 Å². The Kier molecular flexibility index (Phi) is 5.61. The topological polar surface area (TPSA) is 61.8 Å². The molecule has 0 saturated heterocycles. The minimum atomic E-state index is -0.362. The van der Waals surface area contributed by atoms with Crippen LogP contribution in [-0.2, 0) is 9.53 Å².